The molecule has 8 heteroatoms. The van der Waals surface area contributed by atoms with Gasteiger partial charge in [-0.15, -0.1) is 0 Å². The van der Waals surface area contributed by atoms with Crippen molar-refractivity contribution in [2.24, 2.45) is 0 Å². The Morgan fingerprint density at radius 3 is 2.00 bits per heavy atom. The average molecular weight is 326 g/mol. The van der Waals surface area contributed by atoms with E-state index in [1.54, 1.807) is 6.92 Å². The maximum absolute atomic E-state index is 11.2. The van der Waals surface area contributed by atoms with Gasteiger partial charge in [0.2, 0.25) is 0 Å². The van der Waals surface area contributed by atoms with E-state index in [9.17, 15) is 14.3 Å². The summed E-state index contributed by atoms with van der Waals surface area (Å²) in [5.74, 6) is -0.558. The van der Waals surface area contributed by atoms with E-state index in [-0.39, 0.29) is 13.0 Å². The molecule has 0 rings (SSSR count). The lowest BCUT2D eigenvalue weighted by molar-refractivity contribution is -0.144. The molecule has 0 aromatic heterocycles. The van der Waals surface area contributed by atoms with E-state index >= 15 is 0 Å². The molecule has 0 spiro atoms. The molecular formula is C13H31N2O5P. The lowest BCUT2D eigenvalue weighted by atomic mass is 10.4. The summed E-state index contributed by atoms with van der Waals surface area (Å²) in [6.45, 7) is 13.5. The highest BCUT2D eigenvalue weighted by Crippen LogP contribution is 2.35. The van der Waals surface area contributed by atoms with Crippen molar-refractivity contribution in [3.8, 4) is 0 Å². The van der Waals surface area contributed by atoms with E-state index in [4.69, 9.17) is 0 Å². The predicted molar refractivity (Wildman–Crippen MR) is 84.4 cm³/mol. The van der Waals surface area contributed by atoms with Crippen LogP contribution in [0.4, 0.5) is 0 Å². The second kappa shape index (κ2) is 13.2. The molecule has 0 aliphatic heterocycles. The molecule has 21 heavy (non-hydrogen) atoms. The number of rotatable bonds is 9. The zero-order valence-corrected chi connectivity index (χ0v) is 15.0. The Bertz CT molecular complexity index is 305. The quantitative estimate of drug-likeness (QED) is 0.492. The number of hydrogen-bond acceptors (Lipinski definition) is 5. The molecule has 0 bridgehead atoms. The first-order valence-corrected chi connectivity index (χ1v) is 9.09. The number of nitrogens with one attached hydrogen (secondary N) is 1. The Morgan fingerprint density at radius 2 is 1.71 bits per heavy atom. The summed E-state index contributed by atoms with van der Waals surface area (Å²) in [6.07, 6.45) is -0.337. The zero-order chi connectivity index (χ0) is 16.9. The summed E-state index contributed by atoms with van der Waals surface area (Å²) in [5.41, 5.74) is 0. The second-order valence-electron chi connectivity index (χ2n) is 4.34. The number of hydrogen-bond donors (Lipinski definition) is 2. The molecule has 2 unspecified atom stereocenters. The third-order valence-corrected chi connectivity index (χ3v) is 4.08. The molecular weight excluding hydrogens is 295 g/mol. The van der Waals surface area contributed by atoms with Crippen molar-refractivity contribution in [3.63, 3.8) is 0 Å². The van der Waals surface area contributed by atoms with Gasteiger partial charge in [-0.05, 0) is 33.5 Å². The molecule has 0 aromatic rings. The molecule has 128 valence electrons. The molecule has 2 N–H and O–H groups in total. The number of esters is 1. The highest BCUT2D eigenvalue weighted by Gasteiger charge is 2.25. The second-order valence-corrected chi connectivity index (χ2v) is 6.26. The number of carbonyl (C=O) groups excluding carboxylic acids is 1. The normalized spacial score (nSPS) is 14.9. The van der Waals surface area contributed by atoms with Gasteiger partial charge in [0.1, 0.15) is 12.4 Å². The van der Waals surface area contributed by atoms with Crippen molar-refractivity contribution in [2.45, 2.75) is 40.7 Å². The van der Waals surface area contributed by atoms with Gasteiger partial charge in [0, 0.05) is 7.11 Å². The van der Waals surface area contributed by atoms with E-state index in [2.05, 4.69) is 40.2 Å². The smallest absolute Gasteiger partial charge is 0.323 e. The van der Waals surface area contributed by atoms with E-state index in [0.717, 1.165) is 0 Å². The Balaban J connectivity index is 0. The van der Waals surface area contributed by atoms with Gasteiger partial charge in [-0.3, -0.25) is 9.36 Å². The molecule has 0 fully saturated rings. The van der Waals surface area contributed by atoms with Gasteiger partial charge in [0.05, 0.1) is 6.61 Å². The standard InChI is InChI=1S/C7H16NO5P.C6H15N/c1-4-13-7(9)6(2)8-14(10,11)5-12-3;1-4-7(5-2)6-3/h6H,4-5H2,1-3H3,(H2,8,10,11);4-6H2,1-3H3. The Kier molecular flexibility index (Phi) is 14.4. The van der Waals surface area contributed by atoms with E-state index < -0.39 is 19.5 Å². The third kappa shape index (κ3) is 13.0. The molecule has 0 aliphatic rings. The van der Waals surface area contributed by atoms with Gasteiger partial charge in [0.25, 0.3) is 7.52 Å². The maximum atomic E-state index is 11.2. The van der Waals surface area contributed by atoms with Crippen LogP contribution in [0.15, 0.2) is 0 Å². The Labute approximate surface area is 128 Å². The highest BCUT2D eigenvalue weighted by atomic mass is 31.2. The first kappa shape index (κ1) is 22.8. The SMILES string of the molecule is CCN(CC)CC.CCOC(=O)C(C)NP(=O)(O)COC. The number of nitrogens with zero attached hydrogens (tertiary/aromatic N) is 1. The van der Waals surface area contributed by atoms with Crippen molar-refractivity contribution < 1.29 is 23.7 Å². The third-order valence-electron chi connectivity index (χ3n) is 2.68. The van der Waals surface area contributed by atoms with E-state index in [1.165, 1.54) is 33.7 Å². The molecule has 0 amide bonds. The molecule has 7 nitrogen and oxygen atoms in total. The van der Waals surface area contributed by atoms with Gasteiger partial charge < -0.3 is 19.3 Å². The van der Waals surface area contributed by atoms with Gasteiger partial charge in [-0.1, -0.05) is 20.8 Å². The minimum absolute atomic E-state index is 0.241. The zero-order valence-electron chi connectivity index (χ0n) is 14.1. The van der Waals surface area contributed by atoms with Gasteiger partial charge in [0.15, 0.2) is 0 Å². The molecule has 0 heterocycles. The first-order valence-electron chi connectivity index (χ1n) is 7.25. The fourth-order valence-electron chi connectivity index (χ4n) is 1.51. The summed E-state index contributed by atoms with van der Waals surface area (Å²) in [7, 11) is -2.29. The summed E-state index contributed by atoms with van der Waals surface area (Å²) in [4.78, 5) is 22.7. The van der Waals surface area contributed by atoms with Crippen LogP contribution in [-0.2, 0) is 18.8 Å². The van der Waals surface area contributed by atoms with Gasteiger partial charge >= 0.3 is 5.97 Å². The van der Waals surface area contributed by atoms with E-state index in [0.29, 0.717) is 0 Å². The summed E-state index contributed by atoms with van der Waals surface area (Å²) < 4.78 is 20.4. The van der Waals surface area contributed by atoms with Crippen LogP contribution in [0.5, 0.6) is 0 Å². The highest BCUT2D eigenvalue weighted by molar-refractivity contribution is 7.55. The van der Waals surface area contributed by atoms with Gasteiger partial charge in [-0.2, -0.15) is 0 Å². The van der Waals surface area contributed by atoms with Crippen molar-refractivity contribution in [2.75, 3.05) is 39.7 Å². The van der Waals surface area contributed by atoms with Gasteiger partial charge in [-0.25, -0.2) is 5.09 Å². The van der Waals surface area contributed by atoms with Crippen LogP contribution in [0, 0.1) is 0 Å². The Hall–Kier alpha value is -0.460. The van der Waals surface area contributed by atoms with Crippen LogP contribution < -0.4 is 5.09 Å². The minimum Gasteiger partial charge on any atom is -0.465 e. The largest absolute Gasteiger partial charge is 0.465 e. The van der Waals surface area contributed by atoms with Crippen LogP contribution >= 0.6 is 7.52 Å². The molecule has 0 radical (unpaired) electrons. The number of methoxy groups -OCH3 is 1. The van der Waals surface area contributed by atoms with Crippen LogP contribution in [0.25, 0.3) is 0 Å². The number of carbonyl (C=O) groups is 1. The molecule has 0 saturated carbocycles. The summed E-state index contributed by atoms with van der Waals surface area (Å²) in [5, 5.41) is 2.25. The van der Waals surface area contributed by atoms with Crippen LogP contribution in [-0.4, -0.2) is 61.5 Å². The molecule has 0 aliphatic carbocycles. The molecule has 0 saturated heterocycles. The minimum atomic E-state index is -3.60. The van der Waals surface area contributed by atoms with E-state index in [1.807, 2.05) is 0 Å². The monoisotopic (exact) mass is 326 g/mol. The van der Waals surface area contributed by atoms with Crippen LogP contribution in [0.1, 0.15) is 34.6 Å². The topological polar surface area (TPSA) is 88.1 Å². The first-order chi connectivity index (χ1) is 9.77. The van der Waals surface area contributed by atoms with Crippen LogP contribution in [0.2, 0.25) is 0 Å². The summed E-state index contributed by atoms with van der Waals surface area (Å²) in [6, 6.07) is -0.819. The fourth-order valence-corrected chi connectivity index (χ4v) is 2.64. The van der Waals surface area contributed by atoms with Crippen molar-refractivity contribution in [1.29, 1.82) is 0 Å². The van der Waals surface area contributed by atoms with Crippen LogP contribution in [0.3, 0.4) is 0 Å². The average Bonchev–Trinajstić information content (AvgIpc) is 2.41. The fraction of sp³-hybridized carbons (Fsp3) is 0.923. The number of ether oxygens (including phenoxy) is 2. The molecule has 2 atom stereocenters. The predicted octanol–water partition coefficient (Wildman–Crippen LogP) is 1.66. The summed E-state index contributed by atoms with van der Waals surface area (Å²) >= 11 is 0. The Morgan fingerprint density at radius 1 is 1.24 bits per heavy atom. The van der Waals surface area contributed by atoms with Crippen molar-refractivity contribution in [1.82, 2.24) is 9.99 Å². The molecule has 0 aromatic carbocycles. The van der Waals surface area contributed by atoms with Crippen molar-refractivity contribution in [3.05, 3.63) is 0 Å². The lowest BCUT2D eigenvalue weighted by Gasteiger charge is -2.16. The lowest BCUT2D eigenvalue weighted by Crippen LogP contribution is -2.34. The van der Waals surface area contributed by atoms with Crippen molar-refractivity contribution >= 4 is 13.5 Å². The maximum Gasteiger partial charge on any atom is 0.323 e.